The van der Waals surface area contributed by atoms with Crippen molar-refractivity contribution >= 4 is 17.3 Å². The van der Waals surface area contributed by atoms with E-state index in [0.29, 0.717) is 17.5 Å². The monoisotopic (exact) mass is 292 g/mol. The number of carboxylic acid groups (broad SMARTS) is 1. The van der Waals surface area contributed by atoms with Crippen molar-refractivity contribution in [2.45, 2.75) is 26.7 Å². The number of nitrogens with zero attached hydrogens (tertiary/aromatic N) is 2. The number of carbonyl (C=O) groups is 1. The summed E-state index contributed by atoms with van der Waals surface area (Å²) in [7, 11) is 0. The smallest absolute Gasteiger partial charge is 0.342 e. The first-order valence-electron chi connectivity index (χ1n) is 7.17. The van der Waals surface area contributed by atoms with Crippen molar-refractivity contribution in [1.29, 1.82) is 0 Å². The number of nitro benzene ring substituents is 1. The summed E-state index contributed by atoms with van der Waals surface area (Å²) in [5, 5.41) is 20.4. The number of para-hydroxylation sites is 1. The van der Waals surface area contributed by atoms with Crippen LogP contribution in [0.5, 0.6) is 0 Å². The molecule has 0 aliphatic carbocycles. The number of carboxylic acids is 1. The second-order valence-corrected chi connectivity index (χ2v) is 5.80. The Morgan fingerprint density at radius 1 is 1.38 bits per heavy atom. The summed E-state index contributed by atoms with van der Waals surface area (Å²) < 4.78 is 0. The van der Waals surface area contributed by atoms with Crippen molar-refractivity contribution in [3.63, 3.8) is 0 Å². The van der Waals surface area contributed by atoms with E-state index in [4.69, 9.17) is 5.11 Å². The number of benzene rings is 1. The van der Waals surface area contributed by atoms with Gasteiger partial charge in [-0.05, 0) is 36.8 Å². The predicted molar refractivity (Wildman–Crippen MR) is 79.8 cm³/mol. The van der Waals surface area contributed by atoms with Crippen molar-refractivity contribution in [1.82, 2.24) is 0 Å². The van der Waals surface area contributed by atoms with Gasteiger partial charge in [0, 0.05) is 13.1 Å². The zero-order chi connectivity index (χ0) is 15.6. The maximum absolute atomic E-state index is 11.3. The Kier molecular flexibility index (Phi) is 4.45. The van der Waals surface area contributed by atoms with Gasteiger partial charge in [0.25, 0.3) is 0 Å². The fourth-order valence-corrected chi connectivity index (χ4v) is 2.96. The molecule has 0 spiro atoms. The molecule has 6 heteroatoms. The summed E-state index contributed by atoms with van der Waals surface area (Å²) in [4.78, 5) is 23.8. The van der Waals surface area contributed by atoms with Gasteiger partial charge in [0.1, 0.15) is 11.3 Å². The van der Waals surface area contributed by atoms with Gasteiger partial charge in [-0.1, -0.05) is 19.9 Å². The largest absolute Gasteiger partial charge is 0.477 e. The van der Waals surface area contributed by atoms with Gasteiger partial charge >= 0.3 is 11.7 Å². The minimum atomic E-state index is -1.26. The van der Waals surface area contributed by atoms with Crippen LogP contribution in [0.2, 0.25) is 0 Å². The minimum Gasteiger partial charge on any atom is -0.477 e. The topological polar surface area (TPSA) is 83.7 Å². The third kappa shape index (κ3) is 3.15. The summed E-state index contributed by atoms with van der Waals surface area (Å²) in [6, 6.07) is 4.49. The van der Waals surface area contributed by atoms with Gasteiger partial charge in [0.15, 0.2) is 0 Å². The van der Waals surface area contributed by atoms with E-state index in [9.17, 15) is 14.9 Å². The molecular formula is C15H20N2O4. The molecular weight excluding hydrogens is 272 g/mol. The van der Waals surface area contributed by atoms with Crippen LogP contribution < -0.4 is 4.90 Å². The Bertz CT molecular complexity index is 549. The van der Waals surface area contributed by atoms with Crippen molar-refractivity contribution in [3.8, 4) is 0 Å². The first-order valence-corrected chi connectivity index (χ1v) is 7.17. The number of nitro groups is 1. The molecule has 1 saturated heterocycles. The average Bonchev–Trinajstić information content (AvgIpc) is 2.46. The molecule has 2 rings (SSSR count). The first kappa shape index (κ1) is 15.3. The van der Waals surface area contributed by atoms with Gasteiger partial charge < -0.3 is 10.0 Å². The van der Waals surface area contributed by atoms with E-state index < -0.39 is 10.9 Å². The van der Waals surface area contributed by atoms with Crippen LogP contribution in [0.25, 0.3) is 0 Å². The molecule has 21 heavy (non-hydrogen) atoms. The maximum atomic E-state index is 11.3. The van der Waals surface area contributed by atoms with E-state index in [2.05, 4.69) is 13.8 Å². The van der Waals surface area contributed by atoms with Gasteiger partial charge in [-0.2, -0.15) is 0 Å². The van der Waals surface area contributed by atoms with Gasteiger partial charge in [-0.15, -0.1) is 0 Å². The van der Waals surface area contributed by atoms with E-state index in [-0.39, 0.29) is 11.3 Å². The van der Waals surface area contributed by atoms with E-state index >= 15 is 0 Å². The highest BCUT2D eigenvalue weighted by molar-refractivity contribution is 5.95. The molecule has 1 N–H and O–H groups in total. The molecule has 6 nitrogen and oxygen atoms in total. The standard InChI is InChI=1S/C15H20N2O4/c1-10(2)11-6-8-16(9-7-11)13-5-3-4-12(15(18)19)14(13)17(20)21/h3-5,10-11H,6-9H2,1-2H3,(H,18,19). The molecule has 0 atom stereocenters. The molecule has 1 aromatic carbocycles. The number of aromatic carboxylic acids is 1. The molecule has 0 radical (unpaired) electrons. The van der Waals surface area contributed by atoms with Crippen molar-refractivity contribution in [3.05, 3.63) is 33.9 Å². The Morgan fingerprint density at radius 3 is 2.48 bits per heavy atom. The van der Waals surface area contributed by atoms with E-state index in [0.717, 1.165) is 25.9 Å². The zero-order valence-corrected chi connectivity index (χ0v) is 12.3. The first-order chi connectivity index (χ1) is 9.91. The van der Waals surface area contributed by atoms with Gasteiger partial charge in [0.2, 0.25) is 0 Å². The lowest BCUT2D eigenvalue weighted by Crippen LogP contribution is -2.35. The average molecular weight is 292 g/mol. The molecule has 1 aliphatic rings. The SMILES string of the molecule is CC(C)C1CCN(c2cccc(C(=O)O)c2[N+](=O)[O-])CC1. The summed E-state index contributed by atoms with van der Waals surface area (Å²) in [6.45, 7) is 5.83. The number of anilines is 1. The maximum Gasteiger partial charge on any atom is 0.342 e. The van der Waals surface area contributed by atoms with Crippen LogP contribution in [-0.2, 0) is 0 Å². The van der Waals surface area contributed by atoms with Gasteiger partial charge in [-0.25, -0.2) is 4.79 Å². The molecule has 0 amide bonds. The quantitative estimate of drug-likeness (QED) is 0.680. The van der Waals surface area contributed by atoms with Gasteiger partial charge in [0.05, 0.1) is 4.92 Å². The van der Waals surface area contributed by atoms with Crippen LogP contribution >= 0.6 is 0 Å². The van der Waals surface area contributed by atoms with Crippen molar-refractivity contribution in [2.75, 3.05) is 18.0 Å². The van der Waals surface area contributed by atoms with E-state index in [1.54, 1.807) is 12.1 Å². The van der Waals surface area contributed by atoms with Gasteiger partial charge in [-0.3, -0.25) is 10.1 Å². The summed E-state index contributed by atoms with van der Waals surface area (Å²) in [6.07, 6.45) is 1.96. The summed E-state index contributed by atoms with van der Waals surface area (Å²) >= 11 is 0. The van der Waals surface area contributed by atoms with Crippen LogP contribution in [0, 0.1) is 22.0 Å². The molecule has 1 fully saturated rings. The fraction of sp³-hybridized carbons (Fsp3) is 0.533. The lowest BCUT2D eigenvalue weighted by atomic mass is 9.86. The molecule has 114 valence electrons. The normalized spacial score (nSPS) is 16.2. The summed E-state index contributed by atoms with van der Waals surface area (Å²) in [5.41, 5.74) is -0.126. The summed E-state index contributed by atoms with van der Waals surface area (Å²) in [5.74, 6) is -0.0314. The van der Waals surface area contributed by atoms with Crippen LogP contribution in [0.3, 0.4) is 0 Å². The second-order valence-electron chi connectivity index (χ2n) is 5.80. The Labute approximate surface area is 123 Å². The Hall–Kier alpha value is -2.11. The predicted octanol–water partition coefficient (Wildman–Crippen LogP) is 3.17. The minimum absolute atomic E-state index is 0.247. The molecule has 1 aliphatic heterocycles. The van der Waals surface area contributed by atoms with Crippen LogP contribution in [0.1, 0.15) is 37.0 Å². The van der Waals surface area contributed by atoms with Crippen LogP contribution in [-0.4, -0.2) is 29.1 Å². The van der Waals surface area contributed by atoms with Crippen LogP contribution in [0.15, 0.2) is 18.2 Å². The zero-order valence-electron chi connectivity index (χ0n) is 12.3. The fourth-order valence-electron chi connectivity index (χ4n) is 2.96. The molecule has 0 unspecified atom stereocenters. The third-order valence-corrected chi connectivity index (χ3v) is 4.25. The highest BCUT2D eigenvalue weighted by Gasteiger charge is 2.30. The second kappa shape index (κ2) is 6.11. The molecule has 0 saturated carbocycles. The third-order valence-electron chi connectivity index (χ3n) is 4.25. The van der Waals surface area contributed by atoms with E-state index in [1.807, 2.05) is 4.90 Å². The Balaban J connectivity index is 2.31. The lowest BCUT2D eigenvalue weighted by Gasteiger charge is -2.35. The molecule has 0 bridgehead atoms. The number of piperidine rings is 1. The van der Waals surface area contributed by atoms with Crippen molar-refractivity contribution < 1.29 is 14.8 Å². The van der Waals surface area contributed by atoms with Crippen molar-refractivity contribution in [2.24, 2.45) is 11.8 Å². The van der Waals surface area contributed by atoms with E-state index in [1.165, 1.54) is 6.07 Å². The molecule has 1 aromatic rings. The Morgan fingerprint density at radius 2 is 2.00 bits per heavy atom. The highest BCUT2D eigenvalue weighted by atomic mass is 16.6. The number of rotatable bonds is 4. The number of hydrogen-bond acceptors (Lipinski definition) is 4. The lowest BCUT2D eigenvalue weighted by molar-refractivity contribution is -0.384. The molecule has 0 aromatic heterocycles. The van der Waals surface area contributed by atoms with Crippen LogP contribution in [0.4, 0.5) is 11.4 Å². The highest BCUT2D eigenvalue weighted by Crippen LogP contribution is 2.35. The number of hydrogen-bond donors (Lipinski definition) is 1. The molecule has 1 heterocycles.